The Morgan fingerprint density at radius 2 is 1.81 bits per heavy atom. The molecule has 0 saturated heterocycles. The Morgan fingerprint density at radius 3 is 2.62 bits per heavy atom. The number of benzene rings is 2. The molecule has 0 unspecified atom stereocenters. The molecule has 0 saturated carbocycles. The van der Waals surface area contributed by atoms with Gasteiger partial charge in [-0.2, -0.15) is 0 Å². The molecule has 102 valence electrons. The van der Waals surface area contributed by atoms with Gasteiger partial charge in [-0.3, -0.25) is 0 Å². The van der Waals surface area contributed by atoms with Crippen LogP contribution >= 0.6 is 0 Å². The first-order valence-corrected chi connectivity index (χ1v) is 6.68. The zero-order chi connectivity index (χ0) is 14.1. The van der Waals surface area contributed by atoms with Gasteiger partial charge in [-0.25, -0.2) is 4.68 Å². The Morgan fingerprint density at radius 1 is 0.952 bits per heavy atom. The van der Waals surface area contributed by atoms with E-state index in [1.54, 1.807) is 6.26 Å². The molecule has 0 N–H and O–H groups in total. The van der Waals surface area contributed by atoms with Gasteiger partial charge in [0.1, 0.15) is 17.5 Å². The van der Waals surface area contributed by atoms with Crippen molar-refractivity contribution in [3.63, 3.8) is 0 Å². The molecule has 0 aliphatic rings. The maximum atomic E-state index is 4.86. The van der Waals surface area contributed by atoms with Crippen LogP contribution in [0.25, 0.3) is 22.3 Å². The third-order valence-corrected chi connectivity index (χ3v) is 3.44. The summed E-state index contributed by atoms with van der Waals surface area (Å²) in [4.78, 5) is 0. The molecular weight excluding hydrogens is 264 g/mol. The van der Waals surface area contributed by atoms with Gasteiger partial charge in [0.05, 0.1) is 12.1 Å². The second-order valence-electron chi connectivity index (χ2n) is 4.82. The second-order valence-corrected chi connectivity index (χ2v) is 4.82. The van der Waals surface area contributed by atoms with Crippen molar-refractivity contribution in [1.82, 2.24) is 20.2 Å². The van der Waals surface area contributed by atoms with E-state index in [1.807, 2.05) is 47.1 Å². The van der Waals surface area contributed by atoms with Crippen LogP contribution in [0.3, 0.4) is 0 Å². The van der Waals surface area contributed by atoms with E-state index in [2.05, 4.69) is 27.6 Å². The zero-order valence-electron chi connectivity index (χ0n) is 11.2. The largest absolute Gasteiger partial charge is 0.364 e. The third kappa shape index (κ3) is 2.18. The van der Waals surface area contributed by atoms with Crippen LogP contribution in [0.1, 0.15) is 5.56 Å². The average molecular weight is 276 g/mol. The summed E-state index contributed by atoms with van der Waals surface area (Å²) in [6.45, 7) is 0.694. The van der Waals surface area contributed by atoms with E-state index in [-0.39, 0.29) is 0 Å². The highest BCUT2D eigenvalue weighted by atomic mass is 16.5. The minimum atomic E-state index is 0.694. The first kappa shape index (κ1) is 11.8. The number of fused-ring (bicyclic) bond motifs is 1. The normalized spacial score (nSPS) is 11.0. The van der Waals surface area contributed by atoms with E-state index in [0.717, 1.165) is 27.9 Å². The van der Waals surface area contributed by atoms with E-state index in [1.165, 1.54) is 0 Å². The molecule has 5 heteroatoms. The van der Waals surface area contributed by atoms with Crippen LogP contribution < -0.4 is 0 Å². The zero-order valence-corrected chi connectivity index (χ0v) is 11.2. The highest BCUT2D eigenvalue weighted by Crippen LogP contribution is 2.18. The van der Waals surface area contributed by atoms with E-state index >= 15 is 0 Å². The number of nitrogens with zero attached hydrogens (tertiary/aromatic N) is 4. The van der Waals surface area contributed by atoms with Crippen LogP contribution in [-0.2, 0) is 6.54 Å². The molecule has 0 amide bonds. The van der Waals surface area contributed by atoms with Crippen molar-refractivity contribution in [3.8, 4) is 11.3 Å². The van der Waals surface area contributed by atoms with Crippen LogP contribution in [-0.4, -0.2) is 20.2 Å². The fourth-order valence-corrected chi connectivity index (χ4v) is 2.35. The van der Waals surface area contributed by atoms with Gasteiger partial charge >= 0.3 is 0 Å². The van der Waals surface area contributed by atoms with Crippen molar-refractivity contribution in [2.45, 2.75) is 6.54 Å². The Hall–Kier alpha value is -2.95. The smallest absolute Gasteiger partial charge is 0.124 e. The standard InChI is InChI=1S/C16H12N4O/c1-2-4-16-15(3-1)17-19-20(16)11-12-5-7-13(8-6-12)14-9-10-21-18-14/h1-10H,11H2. The summed E-state index contributed by atoms with van der Waals surface area (Å²) >= 11 is 0. The van der Waals surface area contributed by atoms with Gasteiger partial charge in [0, 0.05) is 11.6 Å². The molecule has 0 fully saturated rings. The van der Waals surface area contributed by atoms with Crippen molar-refractivity contribution in [1.29, 1.82) is 0 Å². The number of hydrogen-bond donors (Lipinski definition) is 0. The van der Waals surface area contributed by atoms with Gasteiger partial charge in [0.15, 0.2) is 0 Å². The van der Waals surface area contributed by atoms with E-state index in [0.29, 0.717) is 6.54 Å². The minimum absolute atomic E-state index is 0.694. The topological polar surface area (TPSA) is 56.7 Å². The summed E-state index contributed by atoms with van der Waals surface area (Å²) in [7, 11) is 0. The van der Waals surface area contributed by atoms with Crippen molar-refractivity contribution < 1.29 is 4.52 Å². The molecular formula is C16H12N4O. The Kier molecular flexibility index (Phi) is 2.74. The average Bonchev–Trinajstić information content (AvgIpc) is 3.19. The minimum Gasteiger partial charge on any atom is -0.364 e. The van der Waals surface area contributed by atoms with E-state index < -0.39 is 0 Å². The number of para-hydroxylation sites is 1. The monoisotopic (exact) mass is 276 g/mol. The van der Waals surface area contributed by atoms with Gasteiger partial charge in [0.2, 0.25) is 0 Å². The third-order valence-electron chi connectivity index (χ3n) is 3.44. The van der Waals surface area contributed by atoms with Crippen molar-refractivity contribution in [2.75, 3.05) is 0 Å². The summed E-state index contributed by atoms with van der Waals surface area (Å²) in [6.07, 6.45) is 1.57. The summed E-state index contributed by atoms with van der Waals surface area (Å²) in [6, 6.07) is 18.0. The maximum Gasteiger partial charge on any atom is 0.124 e. The van der Waals surface area contributed by atoms with Gasteiger partial charge in [-0.05, 0) is 17.7 Å². The van der Waals surface area contributed by atoms with Gasteiger partial charge in [0.25, 0.3) is 0 Å². The number of aromatic nitrogens is 4. The highest BCUT2D eigenvalue weighted by molar-refractivity contribution is 5.73. The molecule has 0 bridgehead atoms. The van der Waals surface area contributed by atoms with Crippen molar-refractivity contribution in [2.24, 2.45) is 0 Å². The lowest BCUT2D eigenvalue weighted by Gasteiger charge is -2.03. The van der Waals surface area contributed by atoms with Gasteiger partial charge in [-0.15, -0.1) is 5.10 Å². The van der Waals surface area contributed by atoms with Crippen molar-refractivity contribution in [3.05, 3.63) is 66.4 Å². The molecule has 0 atom stereocenters. The molecule has 21 heavy (non-hydrogen) atoms. The quantitative estimate of drug-likeness (QED) is 0.577. The predicted molar refractivity (Wildman–Crippen MR) is 78.6 cm³/mol. The summed E-state index contributed by atoms with van der Waals surface area (Å²) in [5, 5.41) is 12.3. The lowest BCUT2D eigenvalue weighted by molar-refractivity contribution is 0.422. The second kappa shape index (κ2) is 4.86. The Balaban J connectivity index is 1.63. The number of rotatable bonds is 3. The molecule has 2 aromatic heterocycles. The van der Waals surface area contributed by atoms with Gasteiger partial charge < -0.3 is 4.52 Å². The van der Waals surface area contributed by atoms with Crippen LogP contribution in [0.5, 0.6) is 0 Å². The summed E-state index contributed by atoms with van der Waals surface area (Å²) in [5.41, 5.74) is 5.00. The highest BCUT2D eigenvalue weighted by Gasteiger charge is 2.05. The lowest BCUT2D eigenvalue weighted by atomic mass is 10.1. The SMILES string of the molecule is c1ccc2c(c1)nnn2Cc1ccc(-c2ccon2)cc1. The Labute approximate surface area is 120 Å². The maximum absolute atomic E-state index is 4.86. The van der Waals surface area contributed by atoms with Crippen molar-refractivity contribution >= 4 is 11.0 Å². The van der Waals surface area contributed by atoms with Crippen LogP contribution in [0.4, 0.5) is 0 Å². The number of hydrogen-bond acceptors (Lipinski definition) is 4. The van der Waals surface area contributed by atoms with E-state index in [9.17, 15) is 0 Å². The molecule has 0 spiro atoms. The molecule has 0 aliphatic heterocycles. The molecule has 0 aliphatic carbocycles. The fourth-order valence-electron chi connectivity index (χ4n) is 2.35. The lowest BCUT2D eigenvalue weighted by Crippen LogP contribution is -2.01. The summed E-state index contributed by atoms with van der Waals surface area (Å²) in [5.74, 6) is 0. The molecule has 0 radical (unpaired) electrons. The Bertz CT molecular complexity index is 863. The molecule has 4 rings (SSSR count). The first-order valence-electron chi connectivity index (χ1n) is 6.68. The molecule has 2 heterocycles. The van der Waals surface area contributed by atoms with Crippen LogP contribution in [0.15, 0.2) is 65.4 Å². The van der Waals surface area contributed by atoms with E-state index in [4.69, 9.17) is 4.52 Å². The first-order chi connectivity index (χ1) is 10.4. The molecule has 5 nitrogen and oxygen atoms in total. The van der Waals surface area contributed by atoms with Crippen LogP contribution in [0, 0.1) is 0 Å². The van der Waals surface area contributed by atoms with Gasteiger partial charge in [-0.1, -0.05) is 46.8 Å². The molecule has 2 aromatic carbocycles. The summed E-state index contributed by atoms with van der Waals surface area (Å²) < 4.78 is 6.76. The fraction of sp³-hybridized carbons (Fsp3) is 0.0625. The van der Waals surface area contributed by atoms with Crippen LogP contribution in [0.2, 0.25) is 0 Å². The predicted octanol–water partition coefficient (Wildman–Crippen LogP) is 3.13. The molecule has 4 aromatic rings.